The third-order valence-corrected chi connectivity index (χ3v) is 7.13. The minimum absolute atomic E-state index is 0.114. The van der Waals surface area contributed by atoms with Gasteiger partial charge < -0.3 is 35.5 Å². The van der Waals surface area contributed by atoms with E-state index in [1.54, 1.807) is 24.3 Å². The quantitative estimate of drug-likeness (QED) is 0.326. The molecule has 5 rings (SSSR count). The first-order chi connectivity index (χ1) is 18.9. The maximum atomic E-state index is 12.8. The van der Waals surface area contributed by atoms with Crippen LogP contribution < -0.4 is 25.3 Å². The number of piperidine rings is 2. The molecule has 1 aromatic heterocycles. The molecule has 4 N–H and O–H groups in total. The molecule has 11 heteroatoms. The van der Waals surface area contributed by atoms with E-state index in [-0.39, 0.29) is 22.7 Å². The van der Waals surface area contributed by atoms with Crippen molar-refractivity contribution in [2.45, 2.75) is 38.5 Å². The van der Waals surface area contributed by atoms with Crippen molar-refractivity contribution in [3.63, 3.8) is 0 Å². The molecule has 11 nitrogen and oxygen atoms in total. The normalized spacial score (nSPS) is 15.6. The Bertz CT molecular complexity index is 1280. The largest absolute Gasteiger partial charge is 0.507 e. The Balaban J connectivity index is 1.34. The zero-order chi connectivity index (χ0) is 27.4. The van der Waals surface area contributed by atoms with Crippen LogP contribution in [0.2, 0.25) is 0 Å². The van der Waals surface area contributed by atoms with Gasteiger partial charge in [-0.3, -0.25) is 4.79 Å². The Morgan fingerprint density at radius 3 is 1.95 bits per heavy atom. The SMILES string of the molecule is CN(C)c1ccc(C(=O)Nc2ccc(Nc3nc(N4CCCCC4)nc(N4CCCCC4)n3)cc2O)c(O)c1. The van der Waals surface area contributed by atoms with Gasteiger partial charge in [0.05, 0.1) is 11.3 Å². The van der Waals surface area contributed by atoms with Crippen LogP contribution in [-0.4, -0.2) is 71.3 Å². The first kappa shape index (κ1) is 26.3. The average molecular weight is 533 g/mol. The van der Waals surface area contributed by atoms with Crippen molar-refractivity contribution in [1.82, 2.24) is 15.0 Å². The van der Waals surface area contributed by atoms with E-state index in [1.807, 2.05) is 19.0 Å². The number of phenolic OH excluding ortho intramolecular Hbond substituents is 2. The van der Waals surface area contributed by atoms with Crippen LogP contribution in [0.1, 0.15) is 48.9 Å². The minimum Gasteiger partial charge on any atom is -0.507 e. The lowest BCUT2D eigenvalue weighted by Gasteiger charge is -2.30. The van der Waals surface area contributed by atoms with Gasteiger partial charge in [-0.2, -0.15) is 15.0 Å². The number of benzene rings is 2. The summed E-state index contributed by atoms with van der Waals surface area (Å²) < 4.78 is 0. The first-order valence-electron chi connectivity index (χ1n) is 13.5. The van der Waals surface area contributed by atoms with E-state index in [2.05, 4.69) is 20.4 Å². The van der Waals surface area contributed by atoms with Crippen LogP contribution in [0.25, 0.3) is 0 Å². The molecule has 2 aliphatic heterocycles. The van der Waals surface area contributed by atoms with Crippen molar-refractivity contribution >= 4 is 40.8 Å². The van der Waals surface area contributed by atoms with E-state index < -0.39 is 5.91 Å². The predicted molar refractivity (Wildman–Crippen MR) is 154 cm³/mol. The summed E-state index contributed by atoms with van der Waals surface area (Å²) in [4.78, 5) is 33.2. The van der Waals surface area contributed by atoms with Crippen molar-refractivity contribution in [2.75, 3.05) is 65.6 Å². The Kier molecular flexibility index (Phi) is 7.85. The molecule has 0 radical (unpaired) electrons. The molecule has 0 spiro atoms. The summed E-state index contributed by atoms with van der Waals surface area (Å²) >= 11 is 0. The number of nitrogens with zero attached hydrogens (tertiary/aromatic N) is 6. The first-order valence-corrected chi connectivity index (χ1v) is 13.5. The van der Waals surface area contributed by atoms with E-state index in [4.69, 9.17) is 15.0 Å². The summed E-state index contributed by atoms with van der Waals surface area (Å²) in [6, 6.07) is 9.65. The van der Waals surface area contributed by atoms with Gasteiger partial charge in [0.2, 0.25) is 17.8 Å². The number of rotatable bonds is 7. The van der Waals surface area contributed by atoms with E-state index in [1.165, 1.54) is 25.0 Å². The van der Waals surface area contributed by atoms with Gasteiger partial charge in [-0.15, -0.1) is 0 Å². The number of anilines is 6. The lowest BCUT2D eigenvalue weighted by atomic mass is 10.1. The minimum atomic E-state index is -0.524. The number of carbonyl (C=O) groups excluding carboxylic acids is 1. The predicted octanol–water partition coefficient (Wildman–Crippen LogP) is 4.33. The smallest absolute Gasteiger partial charge is 0.259 e. The Morgan fingerprint density at radius 1 is 0.795 bits per heavy atom. The fourth-order valence-corrected chi connectivity index (χ4v) is 4.90. The van der Waals surface area contributed by atoms with Crippen LogP contribution in [0.5, 0.6) is 11.5 Å². The number of hydrogen-bond acceptors (Lipinski definition) is 10. The molecular weight excluding hydrogens is 496 g/mol. The fourth-order valence-electron chi connectivity index (χ4n) is 4.90. The number of phenols is 2. The Hall–Kier alpha value is -4.28. The van der Waals surface area contributed by atoms with Crippen LogP contribution >= 0.6 is 0 Å². The summed E-state index contributed by atoms with van der Waals surface area (Å²) in [7, 11) is 3.70. The molecule has 2 aromatic carbocycles. The van der Waals surface area contributed by atoms with Crippen molar-refractivity contribution in [3.8, 4) is 11.5 Å². The van der Waals surface area contributed by atoms with Gasteiger partial charge in [0, 0.05) is 63.8 Å². The van der Waals surface area contributed by atoms with E-state index >= 15 is 0 Å². The van der Waals surface area contributed by atoms with Gasteiger partial charge in [-0.25, -0.2) is 0 Å². The van der Waals surface area contributed by atoms with Gasteiger partial charge in [0.1, 0.15) is 11.5 Å². The highest BCUT2D eigenvalue weighted by Gasteiger charge is 2.21. The van der Waals surface area contributed by atoms with Crippen LogP contribution in [0.4, 0.5) is 34.9 Å². The van der Waals surface area contributed by atoms with E-state index in [9.17, 15) is 15.0 Å². The van der Waals surface area contributed by atoms with Gasteiger partial charge in [0.25, 0.3) is 5.91 Å². The van der Waals surface area contributed by atoms with Crippen molar-refractivity contribution in [1.29, 1.82) is 0 Å². The van der Waals surface area contributed by atoms with Crippen molar-refractivity contribution in [2.24, 2.45) is 0 Å². The van der Waals surface area contributed by atoms with E-state index in [0.717, 1.165) is 57.5 Å². The topological polar surface area (TPSA) is 130 Å². The third kappa shape index (κ3) is 6.24. The van der Waals surface area contributed by atoms with Crippen LogP contribution in [0.15, 0.2) is 36.4 Å². The number of amides is 1. The van der Waals surface area contributed by atoms with Crippen molar-refractivity contribution in [3.05, 3.63) is 42.0 Å². The molecule has 0 bridgehead atoms. The second-order valence-electron chi connectivity index (χ2n) is 10.3. The van der Waals surface area contributed by atoms with Crippen LogP contribution in [0, 0.1) is 0 Å². The average Bonchev–Trinajstić information content (AvgIpc) is 2.95. The summed E-state index contributed by atoms with van der Waals surface area (Å²) in [6.07, 6.45) is 6.90. The highest BCUT2D eigenvalue weighted by molar-refractivity contribution is 6.07. The Morgan fingerprint density at radius 2 is 1.41 bits per heavy atom. The summed E-state index contributed by atoms with van der Waals surface area (Å²) in [5.74, 6) is 0.957. The molecule has 2 aliphatic rings. The molecule has 2 saturated heterocycles. The monoisotopic (exact) mass is 532 g/mol. The Labute approximate surface area is 228 Å². The summed E-state index contributed by atoms with van der Waals surface area (Å²) in [5, 5.41) is 26.9. The molecule has 39 heavy (non-hydrogen) atoms. The molecule has 1 amide bonds. The number of nitrogens with one attached hydrogen (secondary N) is 2. The van der Waals surface area contributed by atoms with Gasteiger partial charge in [-0.1, -0.05) is 0 Å². The number of aromatic nitrogens is 3. The maximum absolute atomic E-state index is 12.8. The molecule has 2 fully saturated rings. The molecule has 0 atom stereocenters. The number of hydrogen-bond donors (Lipinski definition) is 4. The lowest BCUT2D eigenvalue weighted by molar-refractivity contribution is 0.102. The van der Waals surface area contributed by atoms with Crippen LogP contribution in [-0.2, 0) is 0 Å². The molecule has 0 saturated carbocycles. The second-order valence-corrected chi connectivity index (χ2v) is 10.3. The highest BCUT2D eigenvalue weighted by atomic mass is 16.3. The molecule has 3 aromatic rings. The van der Waals surface area contributed by atoms with Gasteiger partial charge in [-0.05, 0) is 62.8 Å². The third-order valence-electron chi connectivity index (χ3n) is 7.13. The molecular formula is C28H36N8O3. The molecule has 0 unspecified atom stereocenters. The zero-order valence-corrected chi connectivity index (χ0v) is 22.5. The van der Waals surface area contributed by atoms with E-state index in [0.29, 0.717) is 23.5 Å². The number of aromatic hydroxyl groups is 2. The molecule has 0 aliphatic carbocycles. The zero-order valence-electron chi connectivity index (χ0n) is 22.5. The molecule has 3 heterocycles. The van der Waals surface area contributed by atoms with Gasteiger partial charge >= 0.3 is 0 Å². The summed E-state index contributed by atoms with van der Waals surface area (Å²) in [6.45, 7) is 3.69. The van der Waals surface area contributed by atoms with Crippen molar-refractivity contribution < 1.29 is 15.0 Å². The maximum Gasteiger partial charge on any atom is 0.259 e. The highest BCUT2D eigenvalue weighted by Crippen LogP contribution is 2.31. The second kappa shape index (κ2) is 11.6. The lowest BCUT2D eigenvalue weighted by Crippen LogP contribution is -2.34. The van der Waals surface area contributed by atoms with Crippen LogP contribution in [0.3, 0.4) is 0 Å². The molecule has 206 valence electrons. The van der Waals surface area contributed by atoms with Gasteiger partial charge in [0.15, 0.2) is 0 Å². The summed E-state index contributed by atoms with van der Waals surface area (Å²) in [5.41, 5.74) is 1.68. The standard InChI is InChI=1S/C28H36N8O3/c1-34(2)20-10-11-21(23(37)18-20)25(39)30-22-12-9-19(17-24(22)38)29-26-31-27(35-13-5-3-6-14-35)33-28(32-26)36-15-7-4-8-16-36/h9-12,17-18,37-38H,3-8,13-16H2,1-2H3,(H,30,39)(H,29,31,32,33). The fraction of sp³-hybridized carbons (Fsp3) is 0.429. The number of carbonyl (C=O) groups is 1.